The van der Waals surface area contributed by atoms with Gasteiger partial charge in [-0.3, -0.25) is 19.8 Å². The van der Waals surface area contributed by atoms with Crippen molar-refractivity contribution in [2.75, 3.05) is 6.54 Å². The van der Waals surface area contributed by atoms with E-state index in [1.165, 1.54) is 40.9 Å². The quantitative estimate of drug-likeness (QED) is 0.232. The summed E-state index contributed by atoms with van der Waals surface area (Å²) in [7, 11) is 0. The second kappa shape index (κ2) is 9.65. The highest BCUT2D eigenvalue weighted by Gasteiger charge is 2.32. The van der Waals surface area contributed by atoms with Gasteiger partial charge in [-0.1, -0.05) is 0 Å². The number of benzene rings is 2. The van der Waals surface area contributed by atoms with E-state index in [0.717, 1.165) is 0 Å². The number of carbonyl (C=O) groups excluding carboxylic acids is 1. The predicted octanol–water partition coefficient (Wildman–Crippen LogP) is 5.94. The zero-order valence-electron chi connectivity index (χ0n) is 17.6. The average molecular weight is 542 g/mol. The second-order valence-corrected chi connectivity index (χ2v) is 8.89. The van der Waals surface area contributed by atoms with Crippen molar-refractivity contribution >= 4 is 62.2 Å². The van der Waals surface area contributed by atoms with E-state index < -0.39 is 10.9 Å². The highest BCUT2D eigenvalue weighted by molar-refractivity contribution is 9.10. The molecule has 34 heavy (non-hydrogen) atoms. The molecule has 1 amide bonds. The van der Waals surface area contributed by atoms with E-state index in [2.05, 4.69) is 20.9 Å². The number of amides is 1. The van der Waals surface area contributed by atoms with Gasteiger partial charge in [-0.2, -0.15) is 0 Å². The van der Waals surface area contributed by atoms with Crippen LogP contribution >= 0.6 is 27.7 Å². The highest BCUT2D eigenvalue weighted by Crippen LogP contribution is 2.36. The Hall–Kier alpha value is -3.70. The number of nitro groups is 1. The van der Waals surface area contributed by atoms with Crippen LogP contribution in [0.4, 0.5) is 11.4 Å². The second-order valence-electron chi connectivity index (χ2n) is 7.03. The van der Waals surface area contributed by atoms with Crippen LogP contribution < -0.4 is 0 Å². The summed E-state index contributed by atoms with van der Waals surface area (Å²) in [6.07, 6.45) is 1.62. The molecule has 0 saturated carbocycles. The molecule has 0 spiro atoms. The average Bonchev–Trinajstić information content (AvgIpc) is 3.38. The van der Waals surface area contributed by atoms with Gasteiger partial charge in [0.05, 0.1) is 21.1 Å². The number of hydrogen-bond acceptors (Lipinski definition) is 7. The van der Waals surface area contributed by atoms with E-state index in [4.69, 9.17) is 9.52 Å². The van der Waals surface area contributed by atoms with Crippen LogP contribution in [0, 0.1) is 10.1 Å². The van der Waals surface area contributed by atoms with Crippen LogP contribution in [0.2, 0.25) is 0 Å². The molecule has 172 valence electrons. The molecular formula is C23H16BrN3O6S. The topological polar surface area (TPSA) is 126 Å². The van der Waals surface area contributed by atoms with Crippen LogP contribution in [-0.4, -0.2) is 38.5 Å². The van der Waals surface area contributed by atoms with Gasteiger partial charge in [0.25, 0.3) is 11.6 Å². The van der Waals surface area contributed by atoms with Crippen molar-refractivity contribution in [3.8, 4) is 11.3 Å². The normalized spacial score (nSPS) is 15.9. The molecule has 2 aromatic carbocycles. The van der Waals surface area contributed by atoms with Crippen molar-refractivity contribution in [1.29, 1.82) is 0 Å². The summed E-state index contributed by atoms with van der Waals surface area (Å²) in [5, 5.41) is 20.5. The lowest BCUT2D eigenvalue weighted by Crippen LogP contribution is -2.28. The number of halogens is 1. The number of carboxylic acid groups (broad SMARTS) is 1. The smallest absolute Gasteiger partial charge is 0.335 e. The first-order valence-electron chi connectivity index (χ1n) is 9.94. The molecule has 1 fully saturated rings. The third-order valence-electron chi connectivity index (χ3n) is 4.87. The van der Waals surface area contributed by atoms with Crippen LogP contribution in [0.3, 0.4) is 0 Å². The number of aliphatic imine (C=N–C) groups is 1. The fraction of sp³-hybridized carbons (Fsp3) is 0.0870. The summed E-state index contributed by atoms with van der Waals surface area (Å²) in [6, 6.07) is 13.9. The summed E-state index contributed by atoms with van der Waals surface area (Å²) in [4.78, 5) is 40.8. The fourth-order valence-electron chi connectivity index (χ4n) is 3.18. The molecule has 1 aliphatic heterocycles. The van der Waals surface area contributed by atoms with Gasteiger partial charge in [-0.15, -0.1) is 0 Å². The van der Waals surface area contributed by atoms with Gasteiger partial charge in [0, 0.05) is 34.8 Å². The van der Waals surface area contributed by atoms with Crippen molar-refractivity contribution in [2.45, 2.75) is 6.92 Å². The first-order chi connectivity index (χ1) is 16.3. The van der Waals surface area contributed by atoms with Crippen LogP contribution in [-0.2, 0) is 4.79 Å². The summed E-state index contributed by atoms with van der Waals surface area (Å²) >= 11 is 4.53. The van der Waals surface area contributed by atoms with Gasteiger partial charge in [-0.25, -0.2) is 9.79 Å². The minimum Gasteiger partial charge on any atom is -0.478 e. The third-order valence-corrected chi connectivity index (χ3v) is 6.54. The fourth-order valence-corrected chi connectivity index (χ4v) is 4.79. The lowest BCUT2D eigenvalue weighted by atomic mass is 10.1. The van der Waals surface area contributed by atoms with Crippen molar-refractivity contribution in [1.82, 2.24) is 4.90 Å². The summed E-state index contributed by atoms with van der Waals surface area (Å²) in [6.45, 7) is 2.25. The van der Waals surface area contributed by atoms with Crippen LogP contribution in [0.15, 0.2) is 73.4 Å². The Morgan fingerprint density at radius 1 is 1.24 bits per heavy atom. The minimum atomic E-state index is -1.02. The zero-order chi connectivity index (χ0) is 24.4. The van der Waals surface area contributed by atoms with E-state index in [1.807, 2.05) is 6.92 Å². The third kappa shape index (κ3) is 4.80. The zero-order valence-corrected chi connectivity index (χ0v) is 20.0. The van der Waals surface area contributed by atoms with Crippen LogP contribution in [0.1, 0.15) is 23.0 Å². The Bertz CT molecular complexity index is 1360. The Morgan fingerprint density at radius 2 is 1.97 bits per heavy atom. The van der Waals surface area contributed by atoms with E-state index in [-0.39, 0.29) is 17.2 Å². The Labute approximate surface area is 206 Å². The molecule has 1 N–H and O–H groups in total. The standard InChI is InChI=1S/C23H16BrN3O6S/c1-2-26-21(28)20(34-23(26)25-14-5-3-13(4-6-14)22(29)30)12-16-8-10-19(33-16)17-9-7-15(27(31)32)11-18(17)24/h3-12H,2H2,1H3,(H,29,30)/b20-12+,25-23?. The number of hydrogen-bond donors (Lipinski definition) is 1. The number of likely N-dealkylation sites (N-methyl/N-ethyl adjacent to an activating group) is 1. The van der Waals surface area contributed by atoms with E-state index in [9.17, 15) is 19.7 Å². The minimum absolute atomic E-state index is 0.0402. The van der Waals surface area contributed by atoms with Crippen LogP contribution in [0.5, 0.6) is 0 Å². The summed E-state index contributed by atoms with van der Waals surface area (Å²) in [5.41, 5.74) is 1.29. The molecule has 1 aliphatic rings. The number of rotatable bonds is 6. The lowest BCUT2D eigenvalue weighted by Gasteiger charge is -2.11. The number of aromatic carboxylic acids is 1. The first kappa shape index (κ1) is 23.5. The van der Waals surface area contributed by atoms with Gasteiger partial charge >= 0.3 is 5.97 Å². The molecule has 2 heterocycles. The Morgan fingerprint density at radius 3 is 2.59 bits per heavy atom. The molecule has 1 saturated heterocycles. The number of amidine groups is 1. The molecule has 0 unspecified atom stereocenters. The van der Waals surface area contributed by atoms with E-state index in [1.54, 1.807) is 36.4 Å². The largest absolute Gasteiger partial charge is 0.478 e. The van der Waals surface area contributed by atoms with Crippen molar-refractivity contribution in [2.24, 2.45) is 4.99 Å². The van der Waals surface area contributed by atoms with Gasteiger partial charge in [0.2, 0.25) is 0 Å². The first-order valence-corrected chi connectivity index (χ1v) is 11.6. The molecule has 4 rings (SSSR count). The molecule has 9 nitrogen and oxygen atoms in total. The maximum absolute atomic E-state index is 12.9. The van der Waals surface area contributed by atoms with Crippen LogP contribution in [0.25, 0.3) is 17.4 Å². The summed E-state index contributed by atoms with van der Waals surface area (Å²) in [5.74, 6) is -0.311. The van der Waals surface area contributed by atoms with Crippen molar-refractivity contribution in [3.63, 3.8) is 0 Å². The van der Waals surface area contributed by atoms with E-state index >= 15 is 0 Å². The molecule has 11 heteroatoms. The Kier molecular flexibility index (Phi) is 6.66. The number of nitrogens with zero attached hydrogens (tertiary/aromatic N) is 3. The number of carbonyl (C=O) groups is 2. The SMILES string of the molecule is CCN1C(=O)/C(=C\c2ccc(-c3ccc([N+](=O)[O-])cc3Br)o2)SC1=Nc1ccc(C(=O)O)cc1. The monoisotopic (exact) mass is 541 g/mol. The predicted molar refractivity (Wildman–Crippen MR) is 132 cm³/mol. The van der Waals surface area contributed by atoms with Gasteiger partial charge in [0.15, 0.2) is 5.17 Å². The molecule has 0 bridgehead atoms. The van der Waals surface area contributed by atoms with Gasteiger partial charge in [-0.05, 0) is 77.1 Å². The molecular weight excluding hydrogens is 526 g/mol. The molecule has 3 aromatic rings. The molecule has 0 radical (unpaired) electrons. The van der Waals surface area contributed by atoms with Gasteiger partial charge < -0.3 is 9.52 Å². The van der Waals surface area contributed by atoms with Crippen molar-refractivity contribution < 1.29 is 24.0 Å². The van der Waals surface area contributed by atoms with Crippen molar-refractivity contribution in [3.05, 3.63) is 85.4 Å². The number of non-ortho nitro benzene ring substituents is 1. The highest BCUT2D eigenvalue weighted by atomic mass is 79.9. The van der Waals surface area contributed by atoms with E-state index in [0.29, 0.717) is 43.9 Å². The lowest BCUT2D eigenvalue weighted by molar-refractivity contribution is -0.384. The number of furan rings is 1. The number of carboxylic acids is 1. The molecule has 0 aliphatic carbocycles. The maximum atomic E-state index is 12.9. The number of nitro benzene ring substituents is 1. The Balaban J connectivity index is 1.59. The molecule has 0 atom stereocenters. The summed E-state index contributed by atoms with van der Waals surface area (Å²) < 4.78 is 6.38. The molecule has 1 aromatic heterocycles. The maximum Gasteiger partial charge on any atom is 0.335 e. The van der Waals surface area contributed by atoms with Gasteiger partial charge in [0.1, 0.15) is 11.5 Å². The number of thioether (sulfide) groups is 1.